The highest BCUT2D eigenvalue weighted by Gasteiger charge is 2.13. The Kier molecular flexibility index (Phi) is 7.12. The molecule has 0 bridgehead atoms. The number of halogens is 2. The number of hydrogen-bond donors (Lipinski definition) is 1. The Balaban J connectivity index is 0. The third-order valence-electron chi connectivity index (χ3n) is 0.937. The van der Waals surface area contributed by atoms with Gasteiger partial charge in [-0.05, 0) is 0 Å². The minimum Gasteiger partial charge on any atom is -1.00 e. The Morgan fingerprint density at radius 3 is 1.90 bits per heavy atom. The van der Waals surface area contributed by atoms with Crippen LogP contribution in [0.25, 0.3) is 0 Å². The van der Waals surface area contributed by atoms with Crippen LogP contribution >= 0.6 is 11.6 Å². The molecular weight excluding hydrogens is 217 g/mol. The van der Waals surface area contributed by atoms with E-state index in [9.17, 15) is 0 Å². The summed E-state index contributed by atoms with van der Waals surface area (Å²) >= 11 is 5.40. The molecule has 0 aromatic carbocycles. The van der Waals surface area contributed by atoms with Gasteiger partial charge in [0.1, 0.15) is 12.6 Å². The topological polar surface area (TPSA) is 20.2 Å². The maximum atomic E-state index is 9.05. The number of alkyl halides is 1. The zero-order chi connectivity index (χ0) is 7.49. The molecule has 1 N–H and O–H groups in total. The summed E-state index contributed by atoms with van der Waals surface area (Å²) in [6.45, 7) is 0.712. The maximum Gasteiger partial charge on any atom is 0.116 e. The lowest BCUT2D eigenvalue weighted by Crippen LogP contribution is -3.00. The van der Waals surface area contributed by atoms with Crippen LogP contribution in [0.4, 0.5) is 0 Å². The Morgan fingerprint density at radius 2 is 1.80 bits per heavy atom. The number of rotatable bonds is 3. The summed E-state index contributed by atoms with van der Waals surface area (Å²) in [5, 5.41) is 9.05. The van der Waals surface area contributed by atoms with E-state index in [0.717, 1.165) is 4.48 Å². The molecule has 0 radical (unpaired) electrons. The van der Waals surface area contributed by atoms with Crippen molar-refractivity contribution >= 4 is 11.6 Å². The third kappa shape index (κ3) is 8.69. The second-order valence-corrected chi connectivity index (χ2v) is 3.59. The fraction of sp³-hybridized carbons (Fsp3) is 1.00. The Labute approximate surface area is 78.1 Å². The van der Waals surface area contributed by atoms with E-state index in [2.05, 4.69) is 0 Å². The summed E-state index contributed by atoms with van der Waals surface area (Å²) in [4.78, 5) is 0. The van der Waals surface area contributed by atoms with Gasteiger partial charge < -0.3 is 26.6 Å². The molecule has 0 saturated heterocycles. The minimum absolute atomic E-state index is 0. The lowest BCUT2D eigenvalue weighted by molar-refractivity contribution is -0.873. The number of likely N-dealkylation sites (N-methyl/N-ethyl adjacent to an activating group) is 1. The Bertz CT molecular complexity index is 84.3. The van der Waals surface area contributed by atoms with Gasteiger partial charge in [-0.1, -0.05) is 0 Å². The summed E-state index contributed by atoms with van der Waals surface area (Å²) in [7, 11) is 6.07. The van der Waals surface area contributed by atoms with Crippen LogP contribution in [0.5, 0.6) is 0 Å². The van der Waals surface area contributed by atoms with E-state index in [-0.39, 0.29) is 23.1 Å². The highest BCUT2D eigenvalue weighted by Crippen LogP contribution is 1.95. The molecular formula is C6H15BrClNO. The molecule has 0 heterocycles. The van der Waals surface area contributed by atoms with Gasteiger partial charge in [0.15, 0.2) is 0 Å². The van der Waals surface area contributed by atoms with Gasteiger partial charge in [-0.2, -0.15) is 0 Å². The maximum absolute atomic E-state index is 9.05. The van der Waals surface area contributed by atoms with Gasteiger partial charge in [0.25, 0.3) is 0 Å². The third-order valence-corrected chi connectivity index (χ3v) is 1.29. The van der Waals surface area contributed by atoms with Gasteiger partial charge in [-0.15, -0.1) is 11.6 Å². The molecule has 0 aliphatic heterocycles. The largest absolute Gasteiger partial charge is 1.00 e. The average Bonchev–Trinajstić information content (AvgIpc) is 1.62. The standard InChI is InChI=1S/C6H15ClNO.BrH/c1-8(2,3)5-6(9)4-7;/h6,9H,4-5H2,1-3H3;1H/q+1;/p-1. The van der Waals surface area contributed by atoms with Crippen LogP contribution in [0, 0.1) is 0 Å². The molecule has 0 saturated carbocycles. The van der Waals surface area contributed by atoms with E-state index < -0.39 is 0 Å². The van der Waals surface area contributed by atoms with Crippen molar-refractivity contribution in [2.45, 2.75) is 6.10 Å². The fourth-order valence-corrected chi connectivity index (χ4v) is 0.779. The number of hydrogen-bond acceptors (Lipinski definition) is 1. The van der Waals surface area contributed by atoms with Gasteiger partial charge >= 0.3 is 0 Å². The number of aliphatic hydroxyl groups is 1. The lowest BCUT2D eigenvalue weighted by Gasteiger charge is -2.25. The minimum atomic E-state index is -0.369. The monoisotopic (exact) mass is 231 g/mol. The number of quaternary nitrogens is 1. The molecule has 64 valence electrons. The van der Waals surface area contributed by atoms with Crippen molar-refractivity contribution in [3.8, 4) is 0 Å². The first-order valence-corrected chi connectivity index (χ1v) is 3.53. The zero-order valence-electron chi connectivity index (χ0n) is 6.64. The molecule has 2 nitrogen and oxygen atoms in total. The van der Waals surface area contributed by atoms with E-state index in [1.165, 1.54) is 0 Å². The van der Waals surface area contributed by atoms with Crippen molar-refractivity contribution in [3.63, 3.8) is 0 Å². The lowest BCUT2D eigenvalue weighted by atomic mass is 10.3. The fourth-order valence-electron chi connectivity index (χ4n) is 0.681. The van der Waals surface area contributed by atoms with Crippen LogP contribution in [-0.2, 0) is 0 Å². The first-order chi connectivity index (χ1) is 3.95. The molecule has 0 aliphatic rings. The second-order valence-electron chi connectivity index (χ2n) is 3.28. The predicted molar refractivity (Wildman–Crippen MR) is 39.6 cm³/mol. The first-order valence-electron chi connectivity index (χ1n) is 3.00. The summed E-state index contributed by atoms with van der Waals surface area (Å²) < 4.78 is 0.758. The zero-order valence-corrected chi connectivity index (χ0v) is 8.98. The van der Waals surface area contributed by atoms with Crippen molar-refractivity contribution in [3.05, 3.63) is 0 Å². The molecule has 0 amide bonds. The molecule has 0 aromatic rings. The highest BCUT2D eigenvalue weighted by molar-refractivity contribution is 6.18. The normalized spacial score (nSPS) is 14.1. The van der Waals surface area contributed by atoms with E-state index >= 15 is 0 Å². The van der Waals surface area contributed by atoms with Crippen LogP contribution in [0.1, 0.15) is 0 Å². The Morgan fingerprint density at radius 1 is 1.40 bits per heavy atom. The summed E-state index contributed by atoms with van der Waals surface area (Å²) in [5.74, 6) is 0.329. The highest BCUT2D eigenvalue weighted by atomic mass is 79.9. The number of aliphatic hydroxyl groups excluding tert-OH is 1. The Hall–Kier alpha value is 0.690. The predicted octanol–water partition coefficient (Wildman–Crippen LogP) is -2.70. The summed E-state index contributed by atoms with van der Waals surface area (Å²) in [6, 6.07) is 0. The summed E-state index contributed by atoms with van der Waals surface area (Å²) in [5.41, 5.74) is 0. The van der Waals surface area contributed by atoms with E-state index in [1.807, 2.05) is 21.1 Å². The van der Waals surface area contributed by atoms with Crippen molar-refractivity contribution < 1.29 is 26.6 Å². The second kappa shape index (κ2) is 5.35. The summed E-state index contributed by atoms with van der Waals surface area (Å²) in [6.07, 6.45) is -0.369. The molecule has 10 heavy (non-hydrogen) atoms. The van der Waals surface area contributed by atoms with Crippen LogP contribution in [-0.4, -0.2) is 49.3 Å². The van der Waals surface area contributed by atoms with Crippen LogP contribution in [0.15, 0.2) is 0 Å². The van der Waals surface area contributed by atoms with E-state index in [1.54, 1.807) is 0 Å². The average molecular weight is 233 g/mol. The van der Waals surface area contributed by atoms with Gasteiger partial charge in [-0.25, -0.2) is 0 Å². The molecule has 4 heteroatoms. The van der Waals surface area contributed by atoms with Crippen molar-refractivity contribution in [2.24, 2.45) is 0 Å². The van der Waals surface area contributed by atoms with E-state index in [4.69, 9.17) is 16.7 Å². The molecule has 1 unspecified atom stereocenters. The molecule has 0 fully saturated rings. The first kappa shape index (κ1) is 13.3. The van der Waals surface area contributed by atoms with Crippen molar-refractivity contribution in [1.29, 1.82) is 0 Å². The van der Waals surface area contributed by atoms with Gasteiger partial charge in [-0.3, -0.25) is 0 Å². The smallest absolute Gasteiger partial charge is 0.116 e. The molecule has 0 aliphatic carbocycles. The SMILES string of the molecule is C[N+](C)(C)CC(O)CCl.[Br-]. The van der Waals surface area contributed by atoms with Gasteiger partial charge in [0, 0.05) is 0 Å². The molecule has 0 rings (SSSR count). The van der Waals surface area contributed by atoms with Crippen molar-refractivity contribution in [1.82, 2.24) is 0 Å². The van der Waals surface area contributed by atoms with Crippen LogP contribution < -0.4 is 17.0 Å². The number of nitrogens with zero attached hydrogens (tertiary/aromatic N) is 1. The van der Waals surface area contributed by atoms with Crippen LogP contribution in [0.3, 0.4) is 0 Å². The van der Waals surface area contributed by atoms with Gasteiger partial charge in [0.05, 0.1) is 27.0 Å². The molecule has 1 atom stereocenters. The van der Waals surface area contributed by atoms with Crippen LogP contribution in [0.2, 0.25) is 0 Å². The molecule has 0 spiro atoms. The quantitative estimate of drug-likeness (QED) is 0.415. The van der Waals surface area contributed by atoms with Crippen molar-refractivity contribution in [2.75, 3.05) is 33.6 Å². The van der Waals surface area contributed by atoms with E-state index in [0.29, 0.717) is 12.4 Å². The molecule has 0 aromatic heterocycles. The van der Waals surface area contributed by atoms with Gasteiger partial charge in [0.2, 0.25) is 0 Å².